The lowest BCUT2D eigenvalue weighted by Gasteiger charge is -2.12. The van der Waals surface area contributed by atoms with Gasteiger partial charge in [-0.15, -0.1) is 0 Å². The van der Waals surface area contributed by atoms with Crippen molar-refractivity contribution in [1.29, 1.82) is 0 Å². The molecule has 2 unspecified atom stereocenters. The molecule has 138 valence electrons. The highest BCUT2D eigenvalue weighted by molar-refractivity contribution is 5.96. The Bertz CT molecular complexity index is 1020. The summed E-state index contributed by atoms with van der Waals surface area (Å²) in [5, 5.41) is 6.09. The van der Waals surface area contributed by atoms with Crippen molar-refractivity contribution >= 4 is 28.4 Å². The number of nitrogens with zero attached hydrogens (tertiary/aromatic N) is 2. The van der Waals surface area contributed by atoms with Crippen LogP contribution in [0.5, 0.6) is 0 Å². The van der Waals surface area contributed by atoms with Crippen molar-refractivity contribution in [3.05, 3.63) is 48.5 Å². The summed E-state index contributed by atoms with van der Waals surface area (Å²) in [5.74, 6) is 0.789. The molecule has 1 saturated heterocycles. The molecule has 0 radical (unpaired) electrons. The van der Waals surface area contributed by atoms with Crippen LogP contribution in [0.2, 0.25) is 0 Å². The lowest BCUT2D eigenvalue weighted by Crippen LogP contribution is -2.35. The van der Waals surface area contributed by atoms with Crippen LogP contribution in [0.15, 0.2) is 48.5 Å². The zero-order chi connectivity index (χ0) is 19.0. The number of aryl methyl sites for hydroxylation is 1. The predicted octanol–water partition coefficient (Wildman–Crippen LogP) is 2.75. The molecule has 0 bridgehead atoms. The first-order valence-corrected chi connectivity index (χ1v) is 9.09. The smallest absolute Gasteiger partial charge is 0.241 e. The third kappa shape index (κ3) is 3.36. The van der Waals surface area contributed by atoms with Gasteiger partial charge in [-0.2, -0.15) is 0 Å². The molecule has 3 aromatic rings. The molecule has 1 amide bonds. The van der Waals surface area contributed by atoms with Crippen molar-refractivity contribution < 1.29 is 9.59 Å². The van der Waals surface area contributed by atoms with Crippen LogP contribution in [0.4, 0.5) is 5.69 Å². The molecule has 1 aliphatic rings. The second-order valence-electron chi connectivity index (χ2n) is 7.06. The largest absolute Gasteiger partial charge is 0.327 e. The maximum Gasteiger partial charge on any atom is 0.241 e. The zero-order valence-electron chi connectivity index (χ0n) is 15.4. The van der Waals surface area contributed by atoms with E-state index in [4.69, 9.17) is 4.98 Å². The van der Waals surface area contributed by atoms with E-state index in [1.807, 2.05) is 60.1 Å². The maximum absolute atomic E-state index is 12.5. The molecule has 27 heavy (non-hydrogen) atoms. The molecule has 4 rings (SSSR count). The van der Waals surface area contributed by atoms with Gasteiger partial charge < -0.3 is 15.2 Å². The number of imidazole rings is 1. The second-order valence-corrected chi connectivity index (χ2v) is 7.06. The van der Waals surface area contributed by atoms with Crippen molar-refractivity contribution in [3.8, 4) is 11.4 Å². The zero-order valence-corrected chi connectivity index (χ0v) is 15.4. The number of Topliss-reactive ketones (excluding diaryl/α,β-unsaturated/α-hetero) is 1. The molecular formula is C21H22N4O2. The van der Waals surface area contributed by atoms with E-state index in [0.29, 0.717) is 13.0 Å². The van der Waals surface area contributed by atoms with Gasteiger partial charge in [-0.1, -0.05) is 24.3 Å². The predicted molar refractivity (Wildman–Crippen MR) is 105 cm³/mol. The standard InChI is InChI=1S/C21H22N4O2/c1-13(26)15-11-18(22-12-15)21(27)23-16-7-5-6-14(10-16)20-24-17-8-3-4-9-19(17)25(20)2/h3-10,15,18,22H,11-12H2,1-2H3,(H,23,27). The van der Waals surface area contributed by atoms with Crippen LogP contribution in [0.1, 0.15) is 13.3 Å². The number of fused-ring (bicyclic) bond motifs is 1. The number of anilines is 1. The maximum atomic E-state index is 12.5. The number of nitrogens with one attached hydrogen (secondary N) is 2. The number of aromatic nitrogens is 2. The number of ketones is 1. The SMILES string of the molecule is CC(=O)C1CNC(C(=O)Nc2cccc(-c3nc4ccccc4n3C)c2)C1. The normalized spacial score (nSPS) is 19.3. The van der Waals surface area contributed by atoms with E-state index in [0.717, 1.165) is 28.1 Å². The molecule has 1 aliphatic heterocycles. The summed E-state index contributed by atoms with van der Waals surface area (Å²) < 4.78 is 2.05. The molecule has 0 aliphatic carbocycles. The van der Waals surface area contributed by atoms with E-state index in [2.05, 4.69) is 10.6 Å². The summed E-state index contributed by atoms with van der Waals surface area (Å²) in [4.78, 5) is 28.7. The number of hydrogen-bond acceptors (Lipinski definition) is 4. The van der Waals surface area contributed by atoms with E-state index >= 15 is 0 Å². The monoisotopic (exact) mass is 362 g/mol. The Morgan fingerprint density at radius 3 is 2.74 bits per heavy atom. The van der Waals surface area contributed by atoms with Gasteiger partial charge in [0, 0.05) is 30.8 Å². The molecule has 2 N–H and O–H groups in total. The van der Waals surface area contributed by atoms with Crippen molar-refractivity contribution in [1.82, 2.24) is 14.9 Å². The van der Waals surface area contributed by atoms with Crippen molar-refractivity contribution in [3.63, 3.8) is 0 Å². The molecule has 2 atom stereocenters. The third-order valence-corrected chi connectivity index (χ3v) is 5.20. The molecule has 1 aromatic heterocycles. The quantitative estimate of drug-likeness (QED) is 0.748. The first-order valence-electron chi connectivity index (χ1n) is 9.09. The highest BCUT2D eigenvalue weighted by Gasteiger charge is 2.31. The van der Waals surface area contributed by atoms with Gasteiger partial charge in [0.05, 0.1) is 17.1 Å². The van der Waals surface area contributed by atoms with Gasteiger partial charge in [0.15, 0.2) is 0 Å². The summed E-state index contributed by atoms with van der Waals surface area (Å²) in [6.45, 7) is 2.14. The summed E-state index contributed by atoms with van der Waals surface area (Å²) in [7, 11) is 1.99. The fraction of sp³-hybridized carbons (Fsp3) is 0.286. The highest BCUT2D eigenvalue weighted by Crippen LogP contribution is 2.26. The van der Waals surface area contributed by atoms with Crippen LogP contribution >= 0.6 is 0 Å². The first kappa shape index (κ1) is 17.4. The Morgan fingerprint density at radius 1 is 1.19 bits per heavy atom. The summed E-state index contributed by atoms with van der Waals surface area (Å²) in [5.41, 5.74) is 3.66. The molecule has 6 nitrogen and oxygen atoms in total. The minimum Gasteiger partial charge on any atom is -0.327 e. The Labute approximate surface area is 157 Å². The van der Waals surface area contributed by atoms with Gasteiger partial charge in [-0.25, -0.2) is 4.98 Å². The molecule has 2 aromatic carbocycles. The fourth-order valence-corrected chi connectivity index (χ4v) is 3.61. The lowest BCUT2D eigenvalue weighted by atomic mass is 10.0. The molecule has 1 fully saturated rings. The number of amides is 1. The Hall–Kier alpha value is -2.99. The van der Waals surface area contributed by atoms with Crippen LogP contribution < -0.4 is 10.6 Å². The van der Waals surface area contributed by atoms with Gasteiger partial charge in [-0.3, -0.25) is 9.59 Å². The molecule has 6 heteroatoms. The molecule has 0 saturated carbocycles. The van der Waals surface area contributed by atoms with Gasteiger partial charge in [0.1, 0.15) is 11.6 Å². The summed E-state index contributed by atoms with van der Waals surface area (Å²) >= 11 is 0. The summed E-state index contributed by atoms with van der Waals surface area (Å²) in [6.07, 6.45) is 0.547. The Kier molecular flexibility index (Phi) is 4.49. The van der Waals surface area contributed by atoms with E-state index in [9.17, 15) is 9.59 Å². The van der Waals surface area contributed by atoms with Crippen LogP contribution in [-0.2, 0) is 16.6 Å². The minimum atomic E-state index is -0.335. The number of carbonyl (C=O) groups is 2. The lowest BCUT2D eigenvalue weighted by molar-refractivity contribution is -0.120. The van der Waals surface area contributed by atoms with Crippen LogP contribution in [-0.4, -0.2) is 33.8 Å². The van der Waals surface area contributed by atoms with Gasteiger partial charge in [-0.05, 0) is 37.6 Å². The second kappa shape index (κ2) is 6.96. The first-order chi connectivity index (χ1) is 13.0. The van der Waals surface area contributed by atoms with Crippen LogP contribution in [0.25, 0.3) is 22.4 Å². The average molecular weight is 362 g/mol. The minimum absolute atomic E-state index is 0.0768. The molecule has 0 spiro atoms. The van der Waals surface area contributed by atoms with Crippen molar-refractivity contribution in [2.24, 2.45) is 13.0 Å². The number of rotatable bonds is 4. The number of benzene rings is 2. The van der Waals surface area contributed by atoms with Crippen LogP contribution in [0, 0.1) is 5.92 Å². The summed E-state index contributed by atoms with van der Waals surface area (Å²) in [6, 6.07) is 15.3. The fourth-order valence-electron chi connectivity index (χ4n) is 3.61. The van der Waals surface area contributed by atoms with E-state index in [-0.39, 0.29) is 23.7 Å². The molecular weight excluding hydrogens is 340 g/mol. The van der Waals surface area contributed by atoms with E-state index in [1.165, 1.54) is 0 Å². The molecule has 2 heterocycles. The van der Waals surface area contributed by atoms with Crippen molar-refractivity contribution in [2.45, 2.75) is 19.4 Å². The van der Waals surface area contributed by atoms with Crippen LogP contribution in [0.3, 0.4) is 0 Å². The highest BCUT2D eigenvalue weighted by atomic mass is 16.2. The number of para-hydroxylation sites is 2. The van der Waals surface area contributed by atoms with Gasteiger partial charge in [0.2, 0.25) is 5.91 Å². The van der Waals surface area contributed by atoms with E-state index in [1.54, 1.807) is 6.92 Å². The topological polar surface area (TPSA) is 76.0 Å². The number of carbonyl (C=O) groups excluding carboxylic acids is 2. The number of hydrogen-bond donors (Lipinski definition) is 2. The Balaban J connectivity index is 1.55. The van der Waals surface area contributed by atoms with E-state index < -0.39 is 0 Å². The van der Waals surface area contributed by atoms with Gasteiger partial charge >= 0.3 is 0 Å². The Morgan fingerprint density at radius 2 is 2.00 bits per heavy atom. The van der Waals surface area contributed by atoms with Crippen molar-refractivity contribution in [2.75, 3.05) is 11.9 Å². The van der Waals surface area contributed by atoms with Gasteiger partial charge in [0.25, 0.3) is 0 Å². The third-order valence-electron chi connectivity index (χ3n) is 5.20. The average Bonchev–Trinajstić information content (AvgIpc) is 3.28.